The fourth-order valence-electron chi connectivity index (χ4n) is 1.33. The number of aliphatic hydroxyl groups excluding tert-OH is 1. The van der Waals surface area contributed by atoms with Gasteiger partial charge in [0, 0.05) is 12.6 Å². The predicted octanol–water partition coefficient (Wildman–Crippen LogP) is 0.818. The molecule has 0 amide bonds. The Hall–Kier alpha value is -0.120. The van der Waals surface area contributed by atoms with E-state index in [1.807, 2.05) is 0 Å². The summed E-state index contributed by atoms with van der Waals surface area (Å²) in [5.41, 5.74) is 5.48. The number of nitrogens with zero attached hydrogens (tertiary/aromatic N) is 1. The Balaban J connectivity index is 3.32. The summed E-state index contributed by atoms with van der Waals surface area (Å²) in [7, 11) is 2.14. The van der Waals surface area contributed by atoms with Gasteiger partial charge in [0.1, 0.15) is 0 Å². The third-order valence-corrected chi connectivity index (χ3v) is 2.51. The summed E-state index contributed by atoms with van der Waals surface area (Å²) in [6.45, 7) is 4.41. The molecule has 0 spiro atoms. The minimum absolute atomic E-state index is 0.321. The highest BCUT2D eigenvalue weighted by Crippen LogP contribution is 2.03. The summed E-state index contributed by atoms with van der Waals surface area (Å²) in [4.78, 5) is 2.34. The third kappa shape index (κ3) is 6.99. The van der Waals surface area contributed by atoms with Gasteiger partial charge in [0.15, 0.2) is 0 Å². The summed E-state index contributed by atoms with van der Waals surface area (Å²) >= 11 is 0. The molecule has 0 fully saturated rings. The van der Waals surface area contributed by atoms with Crippen molar-refractivity contribution in [3.8, 4) is 0 Å². The molecule has 0 aliphatic carbocycles. The summed E-state index contributed by atoms with van der Waals surface area (Å²) in [5, 5.41) is 8.59. The van der Waals surface area contributed by atoms with Gasteiger partial charge in [0.25, 0.3) is 0 Å². The lowest BCUT2D eigenvalue weighted by molar-refractivity contribution is 0.235. The minimum atomic E-state index is 0.321. The average Bonchev–Trinajstić information content (AvgIpc) is 2.12. The molecule has 0 bridgehead atoms. The van der Waals surface area contributed by atoms with Crippen LogP contribution in [0.25, 0.3) is 0 Å². The lowest BCUT2D eigenvalue weighted by atomic mass is 10.2. The Bertz CT molecular complexity index is 109. The van der Waals surface area contributed by atoms with Crippen molar-refractivity contribution in [1.82, 2.24) is 4.90 Å². The smallest absolute Gasteiger partial charge is 0.0431 e. The van der Waals surface area contributed by atoms with Crippen molar-refractivity contribution in [3.05, 3.63) is 0 Å². The van der Waals surface area contributed by atoms with Crippen molar-refractivity contribution in [2.45, 2.75) is 38.6 Å². The van der Waals surface area contributed by atoms with Crippen molar-refractivity contribution in [2.75, 3.05) is 26.7 Å². The van der Waals surface area contributed by atoms with Crippen LogP contribution in [-0.4, -0.2) is 42.8 Å². The van der Waals surface area contributed by atoms with Crippen LogP contribution in [0.3, 0.4) is 0 Å². The molecule has 0 aromatic carbocycles. The fraction of sp³-hybridized carbons (Fsp3) is 1.00. The Morgan fingerprint density at radius 3 is 2.54 bits per heavy atom. The normalized spacial score (nSPS) is 13.6. The molecule has 1 unspecified atom stereocenters. The first-order valence-corrected chi connectivity index (χ1v) is 5.23. The fourth-order valence-corrected chi connectivity index (χ4v) is 1.33. The molecule has 0 radical (unpaired) electrons. The average molecular weight is 188 g/mol. The van der Waals surface area contributed by atoms with Gasteiger partial charge >= 0.3 is 0 Å². The van der Waals surface area contributed by atoms with Crippen molar-refractivity contribution in [3.63, 3.8) is 0 Å². The highest BCUT2D eigenvalue weighted by molar-refractivity contribution is 4.63. The number of nitrogens with two attached hydrogens (primary N) is 1. The van der Waals surface area contributed by atoms with Crippen molar-refractivity contribution in [1.29, 1.82) is 0 Å². The maximum absolute atomic E-state index is 8.59. The molecule has 0 saturated heterocycles. The number of rotatable bonds is 8. The molecule has 0 aromatic rings. The monoisotopic (exact) mass is 188 g/mol. The molecular weight excluding hydrogens is 164 g/mol. The van der Waals surface area contributed by atoms with E-state index in [0.29, 0.717) is 12.6 Å². The molecule has 3 nitrogen and oxygen atoms in total. The van der Waals surface area contributed by atoms with Gasteiger partial charge in [-0.2, -0.15) is 0 Å². The second-order valence-electron chi connectivity index (χ2n) is 3.69. The Kier molecular flexibility index (Phi) is 8.40. The van der Waals surface area contributed by atoms with Crippen LogP contribution >= 0.6 is 0 Å². The highest BCUT2D eigenvalue weighted by Gasteiger charge is 2.06. The van der Waals surface area contributed by atoms with Crippen molar-refractivity contribution >= 4 is 0 Å². The molecule has 0 rings (SSSR count). The van der Waals surface area contributed by atoms with Gasteiger partial charge in [-0.25, -0.2) is 0 Å². The summed E-state index contributed by atoms with van der Waals surface area (Å²) in [6, 6.07) is 0.583. The second-order valence-corrected chi connectivity index (χ2v) is 3.69. The first kappa shape index (κ1) is 12.9. The maximum Gasteiger partial charge on any atom is 0.0431 e. The zero-order chi connectivity index (χ0) is 10.1. The van der Waals surface area contributed by atoms with Crippen LogP contribution in [0.4, 0.5) is 0 Å². The van der Waals surface area contributed by atoms with Crippen molar-refractivity contribution < 1.29 is 5.11 Å². The Morgan fingerprint density at radius 1 is 1.31 bits per heavy atom. The van der Waals surface area contributed by atoms with Gasteiger partial charge in [-0.1, -0.05) is 0 Å². The van der Waals surface area contributed by atoms with Gasteiger partial charge in [0.2, 0.25) is 0 Å². The molecule has 0 aliphatic heterocycles. The van der Waals surface area contributed by atoms with Gasteiger partial charge in [-0.3, -0.25) is 0 Å². The van der Waals surface area contributed by atoms with E-state index in [1.165, 1.54) is 6.42 Å². The van der Waals surface area contributed by atoms with Crippen LogP contribution in [0.15, 0.2) is 0 Å². The van der Waals surface area contributed by atoms with E-state index in [0.717, 1.165) is 32.4 Å². The maximum atomic E-state index is 8.59. The zero-order valence-electron chi connectivity index (χ0n) is 9.00. The summed E-state index contributed by atoms with van der Waals surface area (Å²) < 4.78 is 0. The molecule has 3 N–H and O–H groups in total. The molecule has 0 aliphatic rings. The third-order valence-electron chi connectivity index (χ3n) is 2.51. The van der Waals surface area contributed by atoms with E-state index in [4.69, 9.17) is 10.8 Å². The molecule has 13 heavy (non-hydrogen) atoms. The van der Waals surface area contributed by atoms with Crippen LogP contribution < -0.4 is 5.73 Å². The Morgan fingerprint density at radius 2 is 2.00 bits per heavy atom. The molecule has 1 atom stereocenters. The second kappa shape index (κ2) is 8.48. The number of aliphatic hydroxyl groups is 1. The van der Waals surface area contributed by atoms with E-state index in [-0.39, 0.29) is 0 Å². The molecule has 3 heteroatoms. The zero-order valence-corrected chi connectivity index (χ0v) is 9.00. The summed E-state index contributed by atoms with van der Waals surface area (Å²) in [6.07, 6.45) is 4.29. The molecule has 0 heterocycles. The van der Waals surface area contributed by atoms with Crippen LogP contribution in [0.5, 0.6) is 0 Å². The predicted molar refractivity (Wildman–Crippen MR) is 56.7 cm³/mol. The molecule has 0 aromatic heterocycles. The van der Waals surface area contributed by atoms with Gasteiger partial charge in [0.05, 0.1) is 0 Å². The highest BCUT2D eigenvalue weighted by atomic mass is 16.2. The SMILES string of the molecule is CC(CCN)N(C)CCCCCO. The van der Waals surface area contributed by atoms with Gasteiger partial charge in [-0.05, 0) is 52.7 Å². The molecular formula is C10H24N2O. The lowest BCUT2D eigenvalue weighted by Gasteiger charge is -2.23. The minimum Gasteiger partial charge on any atom is -0.396 e. The van der Waals surface area contributed by atoms with Gasteiger partial charge in [-0.15, -0.1) is 0 Å². The molecule has 0 saturated carbocycles. The van der Waals surface area contributed by atoms with E-state index in [9.17, 15) is 0 Å². The quantitative estimate of drug-likeness (QED) is 0.554. The first-order chi connectivity index (χ1) is 6.22. The van der Waals surface area contributed by atoms with E-state index < -0.39 is 0 Å². The van der Waals surface area contributed by atoms with Crippen LogP contribution in [0.2, 0.25) is 0 Å². The first-order valence-electron chi connectivity index (χ1n) is 5.23. The number of hydrogen-bond donors (Lipinski definition) is 2. The number of unbranched alkanes of at least 4 members (excludes halogenated alkanes) is 2. The topological polar surface area (TPSA) is 49.5 Å². The lowest BCUT2D eigenvalue weighted by Crippen LogP contribution is -2.31. The Labute approximate surface area is 81.9 Å². The largest absolute Gasteiger partial charge is 0.396 e. The summed E-state index contributed by atoms with van der Waals surface area (Å²) in [5.74, 6) is 0. The molecule has 80 valence electrons. The van der Waals surface area contributed by atoms with E-state index in [2.05, 4.69) is 18.9 Å². The van der Waals surface area contributed by atoms with Crippen LogP contribution in [0, 0.1) is 0 Å². The van der Waals surface area contributed by atoms with Crippen LogP contribution in [-0.2, 0) is 0 Å². The van der Waals surface area contributed by atoms with E-state index >= 15 is 0 Å². The number of hydrogen-bond acceptors (Lipinski definition) is 3. The van der Waals surface area contributed by atoms with E-state index in [1.54, 1.807) is 0 Å². The van der Waals surface area contributed by atoms with Crippen LogP contribution in [0.1, 0.15) is 32.6 Å². The van der Waals surface area contributed by atoms with Crippen molar-refractivity contribution in [2.24, 2.45) is 5.73 Å². The standard InChI is InChI=1S/C10H24N2O/c1-10(6-7-11)12(2)8-4-3-5-9-13/h10,13H,3-9,11H2,1-2H3. The van der Waals surface area contributed by atoms with Gasteiger partial charge < -0.3 is 15.7 Å².